The second kappa shape index (κ2) is 9.70. The Morgan fingerprint density at radius 3 is 2.03 bits per heavy atom. The van der Waals surface area contributed by atoms with Crippen LogP contribution >= 0.6 is 0 Å². The summed E-state index contributed by atoms with van der Waals surface area (Å²) in [5, 5.41) is 3.15. The summed E-state index contributed by atoms with van der Waals surface area (Å²) in [6.07, 6.45) is 1.08. The number of nitrogens with zero attached hydrogens (tertiary/aromatic N) is 4. The molecular formula is C28H31N5O2. The molecule has 4 aromatic rings. The number of carbonyl (C=O) groups excluding carboxylic acids is 1. The molecule has 1 aromatic heterocycles. The van der Waals surface area contributed by atoms with Gasteiger partial charge in [0.25, 0.3) is 0 Å². The quantitative estimate of drug-likeness (QED) is 0.467. The molecule has 2 heterocycles. The topological polar surface area (TPSA) is 62.5 Å². The van der Waals surface area contributed by atoms with Gasteiger partial charge in [0.2, 0.25) is 5.91 Å². The van der Waals surface area contributed by atoms with Gasteiger partial charge >= 0.3 is 5.69 Å². The zero-order chi connectivity index (χ0) is 24.4. The average Bonchev–Trinajstić information content (AvgIpc) is 3.11. The van der Waals surface area contributed by atoms with Crippen LogP contribution in [0, 0.1) is 0 Å². The molecule has 0 aliphatic carbocycles. The molecule has 0 saturated carbocycles. The first-order chi connectivity index (χ1) is 17.0. The van der Waals surface area contributed by atoms with Gasteiger partial charge in [0.1, 0.15) is 0 Å². The molecular weight excluding hydrogens is 438 g/mol. The Bertz CT molecular complexity index is 1380. The van der Waals surface area contributed by atoms with Crippen LogP contribution in [-0.4, -0.2) is 41.2 Å². The molecule has 1 N–H and O–H groups in total. The summed E-state index contributed by atoms with van der Waals surface area (Å²) in [6, 6.07) is 24.5. The van der Waals surface area contributed by atoms with Gasteiger partial charge < -0.3 is 15.1 Å². The summed E-state index contributed by atoms with van der Waals surface area (Å²) in [4.78, 5) is 30.2. The van der Waals surface area contributed by atoms with E-state index >= 15 is 0 Å². The van der Waals surface area contributed by atoms with E-state index in [0.717, 1.165) is 54.2 Å². The lowest BCUT2D eigenvalue weighted by Gasteiger charge is -2.38. The lowest BCUT2D eigenvalue weighted by Crippen LogP contribution is -2.46. The van der Waals surface area contributed by atoms with Crippen LogP contribution in [0.25, 0.3) is 11.0 Å². The molecule has 0 atom stereocenters. The van der Waals surface area contributed by atoms with Gasteiger partial charge in [-0.15, -0.1) is 0 Å². The van der Waals surface area contributed by atoms with Crippen molar-refractivity contribution in [2.45, 2.75) is 12.8 Å². The van der Waals surface area contributed by atoms with E-state index < -0.39 is 0 Å². The maximum atomic E-state index is 12.9. The molecule has 35 heavy (non-hydrogen) atoms. The smallest absolute Gasteiger partial charge is 0.328 e. The number of nitrogens with one attached hydrogen (secondary N) is 1. The zero-order valence-corrected chi connectivity index (χ0v) is 20.3. The van der Waals surface area contributed by atoms with Crippen molar-refractivity contribution in [3.05, 3.63) is 88.8 Å². The maximum absolute atomic E-state index is 12.9. The molecule has 0 unspecified atom stereocenters. The third kappa shape index (κ3) is 4.67. The van der Waals surface area contributed by atoms with Crippen LogP contribution < -0.4 is 20.8 Å². The Kier molecular flexibility index (Phi) is 6.31. The third-order valence-corrected chi connectivity index (χ3v) is 6.89. The normalized spacial score (nSPS) is 13.9. The van der Waals surface area contributed by atoms with Gasteiger partial charge in [-0.2, -0.15) is 0 Å². The number of aromatic nitrogens is 2. The zero-order valence-electron chi connectivity index (χ0n) is 20.3. The van der Waals surface area contributed by atoms with Crippen LogP contribution in [-0.2, 0) is 25.3 Å². The predicted octanol–water partition coefficient (Wildman–Crippen LogP) is 3.77. The first kappa shape index (κ1) is 22.8. The highest BCUT2D eigenvalue weighted by Gasteiger charge is 2.22. The Morgan fingerprint density at radius 1 is 0.800 bits per heavy atom. The number of anilines is 3. The largest absolute Gasteiger partial charge is 0.368 e. The van der Waals surface area contributed by atoms with Crippen LogP contribution in [0.4, 0.5) is 17.1 Å². The highest BCUT2D eigenvalue weighted by Crippen LogP contribution is 2.32. The molecule has 0 bridgehead atoms. The molecule has 1 aliphatic rings. The van der Waals surface area contributed by atoms with E-state index in [-0.39, 0.29) is 11.6 Å². The molecule has 7 nitrogen and oxygen atoms in total. The molecule has 1 saturated heterocycles. The summed E-state index contributed by atoms with van der Waals surface area (Å²) in [6.45, 7) is 3.43. The minimum atomic E-state index is -0.0765. The van der Waals surface area contributed by atoms with Crippen molar-refractivity contribution in [1.82, 2.24) is 9.13 Å². The standard InChI is InChI=1S/C28H31N5O2/c1-30-25-19-23(29-27(34)14-13-21-9-5-3-6-10-21)24(20-26(25)31(2)28(30)35)33-17-15-32(16-18-33)22-11-7-4-8-12-22/h3-12,19-20H,13-18H2,1-2H3,(H,29,34). The summed E-state index contributed by atoms with van der Waals surface area (Å²) in [5.74, 6) is -0.0293. The average molecular weight is 470 g/mol. The van der Waals surface area contributed by atoms with E-state index in [0.29, 0.717) is 12.8 Å². The fraction of sp³-hybridized carbons (Fsp3) is 0.286. The van der Waals surface area contributed by atoms with Gasteiger partial charge in [0, 0.05) is 52.4 Å². The van der Waals surface area contributed by atoms with Crippen LogP contribution in [0.1, 0.15) is 12.0 Å². The summed E-state index contributed by atoms with van der Waals surface area (Å²) in [7, 11) is 3.56. The van der Waals surface area contributed by atoms with Crippen LogP contribution in [0.2, 0.25) is 0 Å². The maximum Gasteiger partial charge on any atom is 0.328 e. The molecule has 3 aromatic carbocycles. The van der Waals surface area contributed by atoms with Crippen molar-refractivity contribution in [1.29, 1.82) is 0 Å². The summed E-state index contributed by atoms with van der Waals surface area (Å²) < 4.78 is 3.30. The van der Waals surface area contributed by atoms with Crippen molar-refractivity contribution in [2.75, 3.05) is 41.3 Å². The van der Waals surface area contributed by atoms with Gasteiger partial charge in [-0.25, -0.2) is 4.79 Å². The van der Waals surface area contributed by atoms with Crippen LogP contribution in [0.5, 0.6) is 0 Å². The van der Waals surface area contributed by atoms with Gasteiger partial charge in [0.15, 0.2) is 0 Å². The number of carbonyl (C=O) groups is 1. The fourth-order valence-electron chi connectivity index (χ4n) is 4.86. The number of hydrogen-bond donors (Lipinski definition) is 1. The van der Waals surface area contributed by atoms with E-state index in [1.54, 1.807) is 23.2 Å². The van der Waals surface area contributed by atoms with Gasteiger partial charge in [-0.1, -0.05) is 48.5 Å². The van der Waals surface area contributed by atoms with Gasteiger partial charge in [0.05, 0.1) is 22.4 Å². The highest BCUT2D eigenvalue weighted by molar-refractivity contribution is 5.98. The second-order valence-corrected chi connectivity index (χ2v) is 9.10. The molecule has 7 heteroatoms. The van der Waals surface area contributed by atoms with Crippen molar-refractivity contribution >= 4 is 34.0 Å². The van der Waals surface area contributed by atoms with E-state index in [9.17, 15) is 9.59 Å². The highest BCUT2D eigenvalue weighted by atomic mass is 16.2. The minimum absolute atomic E-state index is 0.0293. The summed E-state index contributed by atoms with van der Waals surface area (Å²) in [5.41, 5.74) is 5.67. The monoisotopic (exact) mass is 469 g/mol. The second-order valence-electron chi connectivity index (χ2n) is 9.10. The Morgan fingerprint density at radius 2 is 1.37 bits per heavy atom. The number of aryl methyl sites for hydroxylation is 3. The number of para-hydroxylation sites is 1. The van der Waals surface area contributed by atoms with Gasteiger partial charge in [-0.3, -0.25) is 13.9 Å². The lowest BCUT2D eigenvalue weighted by atomic mass is 10.1. The first-order valence-corrected chi connectivity index (χ1v) is 12.1. The summed E-state index contributed by atoms with van der Waals surface area (Å²) >= 11 is 0. The van der Waals surface area contributed by atoms with Crippen molar-refractivity contribution in [3.8, 4) is 0 Å². The first-order valence-electron chi connectivity index (χ1n) is 12.1. The van der Waals surface area contributed by atoms with Gasteiger partial charge in [-0.05, 0) is 36.2 Å². The Balaban J connectivity index is 1.40. The minimum Gasteiger partial charge on any atom is -0.368 e. The Labute approximate surface area is 205 Å². The van der Waals surface area contributed by atoms with Crippen LogP contribution in [0.15, 0.2) is 77.6 Å². The number of imidazole rings is 1. The van der Waals surface area contributed by atoms with Crippen molar-refractivity contribution in [3.63, 3.8) is 0 Å². The van der Waals surface area contributed by atoms with Crippen molar-refractivity contribution < 1.29 is 4.79 Å². The predicted molar refractivity (Wildman–Crippen MR) is 142 cm³/mol. The number of amides is 1. The number of rotatable bonds is 6. The number of piperazine rings is 1. The molecule has 0 radical (unpaired) electrons. The van der Waals surface area contributed by atoms with Crippen LogP contribution in [0.3, 0.4) is 0 Å². The lowest BCUT2D eigenvalue weighted by molar-refractivity contribution is -0.116. The number of benzene rings is 3. The fourth-order valence-corrected chi connectivity index (χ4v) is 4.86. The van der Waals surface area contributed by atoms with E-state index in [4.69, 9.17) is 0 Å². The third-order valence-electron chi connectivity index (χ3n) is 6.89. The molecule has 5 rings (SSSR count). The number of hydrogen-bond acceptors (Lipinski definition) is 4. The Hall–Kier alpha value is -4.00. The molecule has 0 spiro atoms. The molecule has 1 amide bonds. The van der Waals surface area contributed by atoms with Crippen molar-refractivity contribution in [2.24, 2.45) is 14.1 Å². The SMILES string of the molecule is Cn1c(=O)n(C)c2cc(N3CCN(c4ccccc4)CC3)c(NC(=O)CCc3ccccc3)cc21. The number of fused-ring (bicyclic) bond motifs is 1. The van der Waals surface area contributed by atoms with E-state index in [1.807, 2.05) is 48.5 Å². The molecule has 1 fully saturated rings. The molecule has 1 aliphatic heterocycles. The van der Waals surface area contributed by atoms with E-state index in [2.05, 4.69) is 39.4 Å². The molecule has 180 valence electrons. The van der Waals surface area contributed by atoms with E-state index in [1.165, 1.54) is 5.69 Å².